The molecule has 7 heteroatoms. The van der Waals surface area contributed by atoms with E-state index in [2.05, 4.69) is 24.5 Å². The molecule has 1 aliphatic carbocycles. The van der Waals surface area contributed by atoms with E-state index >= 15 is 0 Å². The minimum Gasteiger partial charge on any atom is -0.459 e. The van der Waals surface area contributed by atoms with Gasteiger partial charge in [0.25, 0.3) is 11.8 Å². The highest BCUT2D eigenvalue weighted by Crippen LogP contribution is 2.29. The summed E-state index contributed by atoms with van der Waals surface area (Å²) >= 11 is 0. The molecule has 1 aliphatic rings. The van der Waals surface area contributed by atoms with Gasteiger partial charge in [-0.15, -0.1) is 0 Å². The Morgan fingerprint density at radius 3 is 2.70 bits per heavy atom. The number of nitrogens with one attached hydrogen (secondary N) is 2. The molecule has 1 aromatic carbocycles. The monoisotopic (exact) mass is 412 g/mol. The van der Waals surface area contributed by atoms with Crippen LogP contribution >= 0.6 is 0 Å². The van der Waals surface area contributed by atoms with Gasteiger partial charge in [-0.25, -0.2) is 4.79 Å². The number of aryl methyl sites for hydroxylation is 1. The number of hydrogen-bond acceptors (Lipinski definition) is 5. The van der Waals surface area contributed by atoms with Gasteiger partial charge in [0.1, 0.15) is 0 Å². The van der Waals surface area contributed by atoms with E-state index in [0.29, 0.717) is 17.5 Å². The second-order valence-electron chi connectivity index (χ2n) is 7.98. The average molecular weight is 412 g/mol. The third kappa shape index (κ3) is 5.28. The SMILES string of the molecule is Cc1ccc(C(=O)OCC(=O)N[C@@H]2CCC[C@H](C)[C@@H]2C)cc1NC(=O)c1ccco1. The molecule has 1 fully saturated rings. The molecule has 2 N–H and O–H groups in total. The molecule has 0 saturated heterocycles. The lowest BCUT2D eigenvalue weighted by molar-refractivity contribution is -0.125. The molecule has 30 heavy (non-hydrogen) atoms. The molecule has 2 aromatic rings. The van der Waals surface area contributed by atoms with E-state index in [0.717, 1.165) is 18.4 Å². The number of anilines is 1. The Kier molecular flexibility index (Phi) is 6.92. The second kappa shape index (κ2) is 9.61. The van der Waals surface area contributed by atoms with Crippen LogP contribution in [0.15, 0.2) is 41.0 Å². The Morgan fingerprint density at radius 1 is 1.17 bits per heavy atom. The number of amides is 2. The minimum atomic E-state index is -0.622. The Morgan fingerprint density at radius 2 is 1.97 bits per heavy atom. The summed E-state index contributed by atoms with van der Waals surface area (Å²) in [6, 6.07) is 8.12. The fourth-order valence-corrected chi connectivity index (χ4v) is 3.72. The molecule has 1 saturated carbocycles. The lowest BCUT2D eigenvalue weighted by Gasteiger charge is -2.34. The maximum absolute atomic E-state index is 12.4. The Labute approximate surface area is 176 Å². The first-order chi connectivity index (χ1) is 14.3. The van der Waals surface area contributed by atoms with Crippen molar-refractivity contribution in [3.63, 3.8) is 0 Å². The van der Waals surface area contributed by atoms with Crippen molar-refractivity contribution in [2.45, 2.75) is 46.1 Å². The van der Waals surface area contributed by atoms with Gasteiger partial charge in [-0.05, 0) is 55.0 Å². The van der Waals surface area contributed by atoms with Crippen molar-refractivity contribution in [3.8, 4) is 0 Å². The van der Waals surface area contributed by atoms with E-state index in [1.54, 1.807) is 24.3 Å². The summed E-state index contributed by atoms with van der Waals surface area (Å²) in [5.74, 6) is -0.199. The smallest absolute Gasteiger partial charge is 0.338 e. The van der Waals surface area contributed by atoms with Crippen LogP contribution in [0.3, 0.4) is 0 Å². The molecule has 160 valence electrons. The van der Waals surface area contributed by atoms with E-state index in [4.69, 9.17) is 9.15 Å². The van der Waals surface area contributed by atoms with Gasteiger partial charge in [-0.1, -0.05) is 32.8 Å². The summed E-state index contributed by atoms with van der Waals surface area (Å²) in [4.78, 5) is 36.8. The molecule has 0 aliphatic heterocycles. The standard InChI is InChI=1S/C23H28N2O5/c1-14-6-4-7-18(16(14)3)24-21(26)13-30-23(28)17-10-9-15(2)19(12-17)25-22(27)20-8-5-11-29-20/h5,8-12,14,16,18H,4,6-7,13H2,1-3H3,(H,24,26)(H,25,27)/t14-,16-,18+/m0/s1. The lowest BCUT2D eigenvalue weighted by Crippen LogP contribution is -2.45. The van der Waals surface area contributed by atoms with Crippen LogP contribution in [0.1, 0.15) is 59.6 Å². The van der Waals surface area contributed by atoms with Crippen LogP contribution in [-0.4, -0.2) is 30.4 Å². The fourth-order valence-electron chi connectivity index (χ4n) is 3.72. The van der Waals surface area contributed by atoms with Crippen LogP contribution in [0.5, 0.6) is 0 Å². The van der Waals surface area contributed by atoms with E-state index < -0.39 is 11.9 Å². The molecule has 3 rings (SSSR count). The van der Waals surface area contributed by atoms with Gasteiger partial charge >= 0.3 is 5.97 Å². The van der Waals surface area contributed by atoms with Crippen molar-refractivity contribution in [2.75, 3.05) is 11.9 Å². The van der Waals surface area contributed by atoms with E-state index in [1.807, 2.05) is 6.92 Å². The molecule has 3 atom stereocenters. The number of carbonyl (C=O) groups is 3. The van der Waals surface area contributed by atoms with Gasteiger partial charge in [0.05, 0.1) is 11.8 Å². The van der Waals surface area contributed by atoms with Crippen LogP contribution in [-0.2, 0) is 9.53 Å². The normalized spacial score (nSPS) is 21.0. The molecule has 1 aromatic heterocycles. The number of rotatable bonds is 6. The number of furan rings is 1. The largest absolute Gasteiger partial charge is 0.459 e. The zero-order valence-electron chi connectivity index (χ0n) is 17.6. The van der Waals surface area contributed by atoms with Crippen LogP contribution in [0.4, 0.5) is 5.69 Å². The summed E-state index contributed by atoms with van der Waals surface area (Å²) in [7, 11) is 0. The molecule has 0 bridgehead atoms. The van der Waals surface area contributed by atoms with Crippen LogP contribution in [0.2, 0.25) is 0 Å². The van der Waals surface area contributed by atoms with Crippen LogP contribution in [0, 0.1) is 18.8 Å². The third-order valence-electron chi connectivity index (χ3n) is 5.85. The van der Waals surface area contributed by atoms with Gasteiger partial charge in [-0.2, -0.15) is 0 Å². The maximum Gasteiger partial charge on any atom is 0.338 e. The lowest BCUT2D eigenvalue weighted by atomic mass is 9.78. The minimum absolute atomic E-state index is 0.114. The van der Waals surface area contributed by atoms with Gasteiger partial charge in [0.2, 0.25) is 0 Å². The predicted molar refractivity (Wildman–Crippen MR) is 112 cm³/mol. The molecule has 0 unspecified atom stereocenters. The molecule has 0 radical (unpaired) electrons. The highest BCUT2D eigenvalue weighted by atomic mass is 16.5. The zero-order chi connectivity index (χ0) is 21.7. The number of hydrogen-bond donors (Lipinski definition) is 2. The number of esters is 1. The van der Waals surface area contributed by atoms with Crippen molar-refractivity contribution in [1.82, 2.24) is 5.32 Å². The first kappa shape index (κ1) is 21.6. The summed E-state index contributed by atoms with van der Waals surface area (Å²) in [5, 5.41) is 5.70. The Hall–Kier alpha value is -3.09. The van der Waals surface area contributed by atoms with E-state index in [-0.39, 0.29) is 29.9 Å². The van der Waals surface area contributed by atoms with Crippen LogP contribution < -0.4 is 10.6 Å². The quantitative estimate of drug-likeness (QED) is 0.701. The van der Waals surface area contributed by atoms with Crippen molar-refractivity contribution >= 4 is 23.5 Å². The second-order valence-corrected chi connectivity index (χ2v) is 7.98. The Balaban J connectivity index is 1.56. The van der Waals surface area contributed by atoms with Crippen molar-refractivity contribution in [2.24, 2.45) is 11.8 Å². The molecule has 7 nitrogen and oxygen atoms in total. The van der Waals surface area contributed by atoms with Gasteiger partial charge in [0, 0.05) is 11.7 Å². The van der Waals surface area contributed by atoms with E-state index in [1.165, 1.54) is 18.8 Å². The Bertz CT molecular complexity index is 906. The molecule has 1 heterocycles. The van der Waals surface area contributed by atoms with Gasteiger partial charge < -0.3 is 19.8 Å². The average Bonchev–Trinajstić information content (AvgIpc) is 3.26. The number of benzene rings is 1. The first-order valence-electron chi connectivity index (χ1n) is 10.3. The summed E-state index contributed by atoms with van der Waals surface area (Å²) in [6.07, 6.45) is 4.62. The summed E-state index contributed by atoms with van der Waals surface area (Å²) in [5.41, 5.74) is 1.51. The van der Waals surface area contributed by atoms with Crippen molar-refractivity contribution in [3.05, 3.63) is 53.5 Å². The molecule has 2 amide bonds. The van der Waals surface area contributed by atoms with Crippen LogP contribution in [0.25, 0.3) is 0 Å². The maximum atomic E-state index is 12.4. The highest BCUT2D eigenvalue weighted by Gasteiger charge is 2.28. The van der Waals surface area contributed by atoms with Gasteiger partial charge in [0.15, 0.2) is 12.4 Å². The number of carbonyl (C=O) groups excluding carboxylic acids is 3. The predicted octanol–water partition coefficient (Wildman–Crippen LogP) is 3.94. The first-order valence-corrected chi connectivity index (χ1v) is 10.3. The number of ether oxygens (including phenoxy) is 1. The molecular weight excluding hydrogens is 384 g/mol. The zero-order valence-corrected chi connectivity index (χ0v) is 17.6. The molecular formula is C23H28N2O5. The van der Waals surface area contributed by atoms with E-state index in [9.17, 15) is 14.4 Å². The molecule has 0 spiro atoms. The third-order valence-corrected chi connectivity index (χ3v) is 5.85. The topological polar surface area (TPSA) is 97.6 Å². The van der Waals surface area contributed by atoms with Crippen molar-refractivity contribution < 1.29 is 23.5 Å². The fraction of sp³-hybridized carbons (Fsp3) is 0.435. The highest BCUT2D eigenvalue weighted by molar-refractivity contribution is 6.03. The van der Waals surface area contributed by atoms with Crippen molar-refractivity contribution in [1.29, 1.82) is 0 Å². The summed E-state index contributed by atoms with van der Waals surface area (Å²) in [6.45, 7) is 5.82. The van der Waals surface area contributed by atoms with Gasteiger partial charge in [-0.3, -0.25) is 9.59 Å². The summed E-state index contributed by atoms with van der Waals surface area (Å²) < 4.78 is 10.3.